The largest absolute Gasteiger partial charge is 0.488 e. The molecule has 0 fully saturated rings. The summed E-state index contributed by atoms with van der Waals surface area (Å²) in [4.78, 5) is 11.9. The van der Waals surface area contributed by atoms with Crippen LogP contribution in [0.2, 0.25) is 5.02 Å². The van der Waals surface area contributed by atoms with E-state index in [1.165, 1.54) is 6.21 Å². The molecule has 0 aliphatic rings. The van der Waals surface area contributed by atoms with Crippen LogP contribution < -0.4 is 14.9 Å². The molecule has 0 heterocycles. The molecule has 0 bridgehead atoms. The highest BCUT2D eigenvalue weighted by Crippen LogP contribution is 2.23. The highest BCUT2D eigenvalue weighted by molar-refractivity contribution is 9.10. The molecule has 0 unspecified atom stereocenters. The fraction of sp³-hybridized carbons (Fsp3) is 0.0909. The van der Waals surface area contributed by atoms with Crippen molar-refractivity contribution >= 4 is 39.7 Å². The van der Waals surface area contributed by atoms with Gasteiger partial charge in [-0.25, -0.2) is 5.43 Å². The predicted molar refractivity (Wildman–Crippen MR) is 118 cm³/mol. The van der Waals surface area contributed by atoms with Gasteiger partial charge < -0.3 is 9.47 Å². The number of rotatable bonds is 8. The molecule has 0 atom stereocenters. The van der Waals surface area contributed by atoms with Crippen LogP contribution in [0.4, 0.5) is 0 Å². The lowest BCUT2D eigenvalue weighted by molar-refractivity contribution is -0.123. The second kappa shape index (κ2) is 10.6. The van der Waals surface area contributed by atoms with Crippen LogP contribution >= 0.6 is 27.5 Å². The van der Waals surface area contributed by atoms with Gasteiger partial charge in [0.25, 0.3) is 5.91 Å². The Kier molecular flexibility index (Phi) is 7.67. The Hall–Kier alpha value is -2.83. The summed E-state index contributed by atoms with van der Waals surface area (Å²) in [6, 6.07) is 22.3. The van der Waals surface area contributed by atoms with E-state index in [1.54, 1.807) is 24.3 Å². The van der Waals surface area contributed by atoms with Crippen molar-refractivity contribution in [2.75, 3.05) is 6.61 Å². The van der Waals surface area contributed by atoms with Crippen LogP contribution in [0.15, 0.2) is 82.4 Å². The van der Waals surface area contributed by atoms with Gasteiger partial charge in [0.15, 0.2) is 6.61 Å². The van der Waals surface area contributed by atoms with E-state index in [2.05, 4.69) is 26.5 Å². The van der Waals surface area contributed by atoms with Crippen LogP contribution in [-0.4, -0.2) is 18.7 Å². The SMILES string of the molecule is O=C(COc1ccccc1Cl)N/N=C\c1ccccc1OCc1ccc(Br)cc1. The molecule has 3 aromatic carbocycles. The quantitative estimate of drug-likeness (QED) is 0.361. The van der Waals surface area contributed by atoms with Gasteiger partial charge in [0.1, 0.15) is 18.1 Å². The Balaban J connectivity index is 1.53. The van der Waals surface area contributed by atoms with Crippen molar-refractivity contribution in [3.8, 4) is 11.5 Å². The molecule has 3 rings (SSSR count). The van der Waals surface area contributed by atoms with Crippen molar-refractivity contribution in [3.05, 3.63) is 93.4 Å². The first kappa shape index (κ1) is 20.9. The number of para-hydroxylation sites is 2. The van der Waals surface area contributed by atoms with Gasteiger partial charge in [-0.15, -0.1) is 0 Å². The van der Waals surface area contributed by atoms with Crippen LogP contribution in [0.3, 0.4) is 0 Å². The van der Waals surface area contributed by atoms with E-state index in [1.807, 2.05) is 48.5 Å². The molecule has 0 aliphatic carbocycles. The van der Waals surface area contributed by atoms with Crippen LogP contribution in [0, 0.1) is 0 Å². The highest BCUT2D eigenvalue weighted by Gasteiger charge is 2.05. The molecule has 7 heteroatoms. The Morgan fingerprint density at radius 1 is 0.966 bits per heavy atom. The Bertz CT molecular complexity index is 993. The zero-order valence-electron chi connectivity index (χ0n) is 15.3. The minimum absolute atomic E-state index is 0.192. The topological polar surface area (TPSA) is 59.9 Å². The lowest BCUT2D eigenvalue weighted by Gasteiger charge is -2.09. The average Bonchev–Trinajstić information content (AvgIpc) is 2.73. The smallest absolute Gasteiger partial charge is 0.277 e. The average molecular weight is 474 g/mol. The van der Waals surface area contributed by atoms with Gasteiger partial charge in [0.2, 0.25) is 0 Å². The second-order valence-electron chi connectivity index (χ2n) is 5.97. The van der Waals surface area contributed by atoms with E-state index in [9.17, 15) is 4.79 Å². The molecule has 0 saturated heterocycles. The second-order valence-corrected chi connectivity index (χ2v) is 7.29. The summed E-state index contributed by atoms with van der Waals surface area (Å²) < 4.78 is 12.3. The summed E-state index contributed by atoms with van der Waals surface area (Å²) in [6.07, 6.45) is 1.53. The maximum atomic E-state index is 11.9. The number of hydrogen-bond donors (Lipinski definition) is 1. The molecule has 148 valence electrons. The van der Waals surface area contributed by atoms with Gasteiger partial charge in [-0.05, 0) is 42.0 Å². The number of benzene rings is 3. The Morgan fingerprint density at radius 2 is 1.66 bits per heavy atom. The number of ether oxygens (including phenoxy) is 2. The molecule has 0 radical (unpaired) electrons. The van der Waals surface area contributed by atoms with Crippen molar-refractivity contribution < 1.29 is 14.3 Å². The van der Waals surface area contributed by atoms with E-state index in [-0.39, 0.29) is 6.61 Å². The standard InChI is InChI=1S/C22H18BrClN2O3/c23-18-11-9-16(10-12-18)14-28-20-7-3-1-5-17(20)13-25-26-22(27)15-29-21-8-4-2-6-19(21)24/h1-13H,14-15H2,(H,26,27)/b25-13-. The van der Waals surface area contributed by atoms with E-state index >= 15 is 0 Å². The van der Waals surface area contributed by atoms with Gasteiger partial charge in [-0.3, -0.25) is 4.79 Å². The van der Waals surface area contributed by atoms with Crippen molar-refractivity contribution in [1.82, 2.24) is 5.43 Å². The van der Waals surface area contributed by atoms with Crippen molar-refractivity contribution in [3.63, 3.8) is 0 Å². The molecule has 0 saturated carbocycles. The van der Waals surface area contributed by atoms with Crippen LogP contribution in [0.5, 0.6) is 11.5 Å². The fourth-order valence-electron chi connectivity index (χ4n) is 2.37. The van der Waals surface area contributed by atoms with Gasteiger partial charge in [0.05, 0.1) is 11.2 Å². The molecular formula is C22H18BrClN2O3. The summed E-state index contributed by atoms with van der Waals surface area (Å²) in [6.45, 7) is 0.235. The summed E-state index contributed by atoms with van der Waals surface area (Å²) in [5.41, 5.74) is 4.22. The van der Waals surface area contributed by atoms with E-state index in [0.717, 1.165) is 15.6 Å². The number of carbonyl (C=O) groups excluding carboxylic acids is 1. The molecule has 1 amide bonds. The lowest BCUT2D eigenvalue weighted by atomic mass is 10.2. The molecule has 29 heavy (non-hydrogen) atoms. The van der Waals surface area contributed by atoms with Crippen LogP contribution in [0.25, 0.3) is 0 Å². The van der Waals surface area contributed by atoms with Crippen molar-refractivity contribution in [2.45, 2.75) is 6.61 Å². The van der Waals surface area contributed by atoms with Crippen LogP contribution in [-0.2, 0) is 11.4 Å². The number of nitrogens with one attached hydrogen (secondary N) is 1. The number of hydrazone groups is 1. The summed E-state index contributed by atoms with van der Waals surface area (Å²) in [5.74, 6) is 0.718. The molecule has 0 aromatic heterocycles. The normalized spacial score (nSPS) is 10.7. The third-order valence-electron chi connectivity index (χ3n) is 3.81. The molecule has 5 nitrogen and oxygen atoms in total. The number of hydrogen-bond acceptors (Lipinski definition) is 4. The third-order valence-corrected chi connectivity index (χ3v) is 4.66. The molecule has 0 spiro atoms. The van der Waals surface area contributed by atoms with E-state index < -0.39 is 5.91 Å². The van der Waals surface area contributed by atoms with Crippen molar-refractivity contribution in [1.29, 1.82) is 0 Å². The predicted octanol–water partition coefficient (Wildman–Crippen LogP) is 5.21. The minimum Gasteiger partial charge on any atom is -0.488 e. The first-order valence-electron chi connectivity index (χ1n) is 8.77. The number of amides is 1. The monoisotopic (exact) mass is 472 g/mol. The molecule has 3 aromatic rings. The minimum atomic E-state index is -0.394. The molecule has 0 aliphatic heterocycles. The van der Waals surface area contributed by atoms with Gasteiger partial charge in [-0.2, -0.15) is 5.10 Å². The fourth-order valence-corrected chi connectivity index (χ4v) is 2.83. The zero-order valence-corrected chi connectivity index (χ0v) is 17.7. The van der Waals surface area contributed by atoms with Gasteiger partial charge >= 0.3 is 0 Å². The Labute approximate surface area is 182 Å². The van der Waals surface area contributed by atoms with Gasteiger partial charge in [0, 0.05) is 10.0 Å². The summed E-state index contributed by atoms with van der Waals surface area (Å²) in [5, 5.41) is 4.42. The third kappa shape index (κ3) is 6.62. The number of halogens is 2. The molecule has 1 N–H and O–H groups in total. The number of carbonyl (C=O) groups is 1. The van der Waals surface area contributed by atoms with Crippen LogP contribution in [0.1, 0.15) is 11.1 Å². The lowest BCUT2D eigenvalue weighted by Crippen LogP contribution is -2.24. The van der Waals surface area contributed by atoms with Gasteiger partial charge in [-0.1, -0.05) is 63.9 Å². The Morgan fingerprint density at radius 3 is 2.41 bits per heavy atom. The zero-order chi connectivity index (χ0) is 20.5. The summed E-state index contributed by atoms with van der Waals surface area (Å²) >= 11 is 9.40. The maximum absolute atomic E-state index is 11.9. The highest BCUT2D eigenvalue weighted by atomic mass is 79.9. The summed E-state index contributed by atoms with van der Waals surface area (Å²) in [7, 11) is 0. The van der Waals surface area contributed by atoms with Crippen molar-refractivity contribution in [2.24, 2.45) is 5.10 Å². The first-order valence-corrected chi connectivity index (χ1v) is 9.94. The maximum Gasteiger partial charge on any atom is 0.277 e. The van der Waals surface area contributed by atoms with E-state index in [4.69, 9.17) is 21.1 Å². The number of nitrogens with zero attached hydrogens (tertiary/aromatic N) is 1. The van der Waals surface area contributed by atoms with E-state index in [0.29, 0.717) is 23.1 Å². The first-order chi connectivity index (χ1) is 14.1. The molecular weight excluding hydrogens is 456 g/mol.